The smallest absolute Gasteiger partial charge is 0.351 e. The van der Waals surface area contributed by atoms with Gasteiger partial charge in [0.25, 0.3) is 0 Å². The third-order valence-corrected chi connectivity index (χ3v) is 8.46. The third-order valence-electron chi connectivity index (χ3n) is 4.99. The molecule has 0 saturated carbocycles. The van der Waals surface area contributed by atoms with Gasteiger partial charge in [-0.25, -0.2) is 9.59 Å². The third kappa shape index (κ3) is 6.81. The topological polar surface area (TPSA) is 96.0 Å². The number of esters is 2. The molecule has 2 heterocycles. The van der Waals surface area contributed by atoms with E-state index in [9.17, 15) is 19.2 Å². The van der Waals surface area contributed by atoms with Gasteiger partial charge in [-0.15, -0.1) is 22.7 Å². The molecular formula is C26H14Cl4O7S2. The van der Waals surface area contributed by atoms with Crippen molar-refractivity contribution in [3.05, 3.63) is 100 Å². The number of thiophene rings is 2. The van der Waals surface area contributed by atoms with E-state index in [-0.39, 0.29) is 54.3 Å². The molecule has 0 atom stereocenters. The molecule has 2 aromatic heterocycles. The van der Waals surface area contributed by atoms with Gasteiger partial charge in [0, 0.05) is 11.1 Å². The number of hydrogen-bond acceptors (Lipinski definition) is 9. The fourth-order valence-electron chi connectivity index (χ4n) is 3.18. The molecule has 200 valence electrons. The van der Waals surface area contributed by atoms with Crippen LogP contribution in [-0.2, 0) is 14.3 Å². The first kappa shape index (κ1) is 29.1. The van der Waals surface area contributed by atoms with Gasteiger partial charge >= 0.3 is 11.9 Å². The number of carbonyl (C=O) groups excluding carboxylic acids is 4. The Balaban J connectivity index is 1.30. The standard InChI is InChI=1S/C26H14Cl4O7S2/c27-21-13(25(33)17-3-1-9-38-17)5-7-15(23(21)29)35-11-19(31)37-20(32)12-36-16-8-6-14(22(28)24(16)30)26(34)18-4-2-10-39-18/h1-10H,11-12H2. The predicted molar refractivity (Wildman–Crippen MR) is 151 cm³/mol. The SMILES string of the molecule is O=C(COc1ccc(C(=O)c2cccs2)c(Cl)c1Cl)OC(=O)COc1ccc(C(=O)c2cccs2)c(Cl)c1Cl. The van der Waals surface area contributed by atoms with Crippen molar-refractivity contribution < 1.29 is 33.4 Å². The normalized spacial score (nSPS) is 10.7. The maximum absolute atomic E-state index is 12.6. The van der Waals surface area contributed by atoms with Crippen molar-refractivity contribution in [2.24, 2.45) is 0 Å². The Morgan fingerprint density at radius 3 is 1.36 bits per heavy atom. The van der Waals surface area contributed by atoms with Gasteiger partial charge in [0.15, 0.2) is 13.2 Å². The monoisotopic (exact) mass is 642 g/mol. The van der Waals surface area contributed by atoms with E-state index in [0.717, 1.165) is 0 Å². The minimum atomic E-state index is -1.03. The van der Waals surface area contributed by atoms with Crippen LogP contribution in [0.25, 0.3) is 0 Å². The van der Waals surface area contributed by atoms with Crippen LogP contribution in [0.4, 0.5) is 0 Å². The highest BCUT2D eigenvalue weighted by Crippen LogP contribution is 2.37. The Morgan fingerprint density at radius 2 is 1.00 bits per heavy atom. The first-order chi connectivity index (χ1) is 18.7. The lowest BCUT2D eigenvalue weighted by Crippen LogP contribution is -2.23. The van der Waals surface area contributed by atoms with Crippen LogP contribution in [0.3, 0.4) is 0 Å². The second-order valence-corrected chi connectivity index (χ2v) is 10.9. The van der Waals surface area contributed by atoms with Crippen LogP contribution in [0.15, 0.2) is 59.3 Å². The van der Waals surface area contributed by atoms with E-state index >= 15 is 0 Å². The Labute approximate surface area is 249 Å². The number of benzene rings is 2. The van der Waals surface area contributed by atoms with Crippen LogP contribution in [0, 0.1) is 0 Å². The Bertz CT molecular complexity index is 1440. The minimum absolute atomic E-state index is 0.0173. The van der Waals surface area contributed by atoms with E-state index < -0.39 is 25.2 Å². The molecule has 13 heteroatoms. The number of carbonyl (C=O) groups is 4. The van der Waals surface area contributed by atoms with E-state index in [1.54, 1.807) is 35.0 Å². The molecule has 4 rings (SSSR count). The summed E-state index contributed by atoms with van der Waals surface area (Å²) < 4.78 is 15.3. The van der Waals surface area contributed by atoms with E-state index in [4.69, 9.17) is 55.9 Å². The molecule has 0 aliphatic carbocycles. The molecule has 0 aliphatic heterocycles. The summed E-state index contributed by atoms with van der Waals surface area (Å²) in [7, 11) is 0. The van der Waals surface area contributed by atoms with Gasteiger partial charge in [-0.1, -0.05) is 58.5 Å². The van der Waals surface area contributed by atoms with Gasteiger partial charge in [0.1, 0.15) is 21.5 Å². The average Bonchev–Trinajstić information content (AvgIpc) is 3.65. The number of ketones is 2. The molecule has 0 radical (unpaired) electrons. The van der Waals surface area contributed by atoms with Crippen molar-refractivity contribution in [1.29, 1.82) is 0 Å². The van der Waals surface area contributed by atoms with Gasteiger partial charge in [-0.2, -0.15) is 0 Å². The van der Waals surface area contributed by atoms with Crippen molar-refractivity contribution in [3.8, 4) is 11.5 Å². The molecule has 0 saturated heterocycles. The lowest BCUT2D eigenvalue weighted by atomic mass is 10.1. The van der Waals surface area contributed by atoms with E-state index in [2.05, 4.69) is 4.74 Å². The molecule has 0 aliphatic rings. The second-order valence-electron chi connectivity index (χ2n) is 7.51. The predicted octanol–water partition coefficient (Wildman–Crippen LogP) is 7.41. The van der Waals surface area contributed by atoms with Crippen molar-refractivity contribution in [2.75, 3.05) is 13.2 Å². The van der Waals surface area contributed by atoms with Crippen LogP contribution in [0.5, 0.6) is 11.5 Å². The van der Waals surface area contributed by atoms with Crippen molar-refractivity contribution in [3.63, 3.8) is 0 Å². The van der Waals surface area contributed by atoms with E-state index in [0.29, 0.717) is 9.75 Å². The van der Waals surface area contributed by atoms with Gasteiger partial charge in [0.2, 0.25) is 11.6 Å². The summed E-state index contributed by atoms with van der Waals surface area (Å²) >= 11 is 27.4. The molecule has 0 amide bonds. The number of rotatable bonds is 10. The fourth-order valence-corrected chi connectivity index (χ4v) is 5.46. The maximum atomic E-state index is 12.6. The maximum Gasteiger partial charge on any atom is 0.351 e. The van der Waals surface area contributed by atoms with Gasteiger partial charge in [-0.05, 0) is 47.2 Å². The highest BCUT2D eigenvalue weighted by Gasteiger charge is 2.22. The van der Waals surface area contributed by atoms with Crippen LogP contribution in [-0.4, -0.2) is 36.7 Å². The van der Waals surface area contributed by atoms with Crippen molar-refractivity contribution in [1.82, 2.24) is 0 Å². The van der Waals surface area contributed by atoms with Crippen LogP contribution in [0.2, 0.25) is 20.1 Å². The Kier molecular flexibility index (Phi) is 9.66. The second kappa shape index (κ2) is 13.0. The summed E-state index contributed by atoms with van der Waals surface area (Å²) in [4.78, 5) is 50.2. The molecule has 0 spiro atoms. The summed E-state index contributed by atoms with van der Waals surface area (Å²) in [5.74, 6) is -2.64. The molecule has 0 fully saturated rings. The molecular weight excluding hydrogens is 630 g/mol. The molecule has 0 N–H and O–H groups in total. The Morgan fingerprint density at radius 1 is 0.590 bits per heavy atom. The van der Waals surface area contributed by atoms with Crippen molar-refractivity contribution in [2.45, 2.75) is 0 Å². The van der Waals surface area contributed by atoms with Crippen LogP contribution >= 0.6 is 69.1 Å². The fraction of sp³-hybridized carbons (Fsp3) is 0.0769. The minimum Gasteiger partial charge on any atom is -0.480 e. The van der Waals surface area contributed by atoms with Gasteiger partial charge < -0.3 is 14.2 Å². The molecule has 2 aromatic carbocycles. The van der Waals surface area contributed by atoms with Crippen LogP contribution in [0.1, 0.15) is 30.5 Å². The first-order valence-electron chi connectivity index (χ1n) is 10.8. The van der Waals surface area contributed by atoms with Gasteiger partial charge in [0.05, 0.1) is 19.8 Å². The molecule has 4 aromatic rings. The number of ether oxygens (including phenoxy) is 3. The van der Waals surface area contributed by atoms with Crippen molar-refractivity contribution >= 4 is 92.6 Å². The lowest BCUT2D eigenvalue weighted by molar-refractivity contribution is -0.162. The van der Waals surface area contributed by atoms with Gasteiger partial charge in [-0.3, -0.25) is 9.59 Å². The van der Waals surface area contributed by atoms with E-state index in [1.165, 1.54) is 46.9 Å². The molecule has 7 nitrogen and oxygen atoms in total. The number of hydrogen-bond donors (Lipinski definition) is 0. The number of halogens is 4. The average molecular weight is 644 g/mol. The zero-order chi connectivity index (χ0) is 28.1. The highest BCUT2D eigenvalue weighted by atomic mass is 35.5. The summed E-state index contributed by atoms with van der Waals surface area (Å²) in [6.07, 6.45) is 0. The zero-order valence-corrected chi connectivity index (χ0v) is 24.0. The Hall–Kier alpha value is -2.92. The molecule has 39 heavy (non-hydrogen) atoms. The van der Waals surface area contributed by atoms with E-state index in [1.807, 2.05) is 0 Å². The molecule has 0 unspecified atom stereocenters. The summed E-state index contributed by atoms with van der Waals surface area (Å²) in [5, 5.41) is 3.29. The lowest BCUT2D eigenvalue weighted by Gasteiger charge is -2.12. The largest absolute Gasteiger partial charge is 0.480 e. The zero-order valence-electron chi connectivity index (χ0n) is 19.4. The quantitative estimate of drug-likeness (QED) is 0.101. The molecule has 0 bridgehead atoms. The summed E-state index contributed by atoms with van der Waals surface area (Å²) in [6, 6.07) is 12.4. The summed E-state index contributed by atoms with van der Waals surface area (Å²) in [5.41, 5.74) is 0.350. The first-order valence-corrected chi connectivity index (χ1v) is 14.1. The summed E-state index contributed by atoms with van der Waals surface area (Å²) in [6.45, 7) is -1.35. The van der Waals surface area contributed by atoms with Crippen LogP contribution < -0.4 is 9.47 Å². The highest BCUT2D eigenvalue weighted by molar-refractivity contribution is 7.12.